The summed E-state index contributed by atoms with van der Waals surface area (Å²) in [4.78, 5) is 0. The van der Waals surface area contributed by atoms with Gasteiger partial charge in [-0.25, -0.2) is 0 Å². The Bertz CT molecular complexity index is 1100. The first-order valence-electron chi connectivity index (χ1n) is 12.5. The summed E-state index contributed by atoms with van der Waals surface area (Å²) in [7, 11) is 0. The summed E-state index contributed by atoms with van der Waals surface area (Å²) in [6.45, 7) is 17.9. The molecule has 0 aliphatic carbocycles. The molecule has 2 heteroatoms. The lowest BCUT2D eigenvalue weighted by Crippen LogP contribution is -3.61. The average molecular weight is 703 g/mol. The van der Waals surface area contributed by atoms with Crippen molar-refractivity contribution in [3.8, 4) is 0 Å². The highest BCUT2D eigenvalue weighted by Crippen LogP contribution is 2.21. The molecule has 0 saturated carbocycles. The van der Waals surface area contributed by atoms with Gasteiger partial charge < -0.3 is 0 Å². The molecule has 4 aromatic carbocycles. The van der Waals surface area contributed by atoms with Gasteiger partial charge in [-0.15, -0.1) is 0 Å². The van der Waals surface area contributed by atoms with Crippen LogP contribution in [0.2, 0.25) is 0 Å². The predicted molar refractivity (Wildman–Crippen MR) is 147 cm³/mol. The monoisotopic (exact) mass is 702 g/mol. The summed E-state index contributed by atoms with van der Waals surface area (Å²) < 4.78 is 5.96. The first-order valence-corrected chi connectivity index (χ1v) is 16.9. The fourth-order valence-electron chi connectivity index (χ4n) is 3.47. The van der Waals surface area contributed by atoms with Crippen molar-refractivity contribution in [3.05, 3.63) is 134 Å². The van der Waals surface area contributed by atoms with Gasteiger partial charge >= 0.3 is 42.4 Å². The molecule has 0 nitrogen and oxygen atoms in total. The summed E-state index contributed by atoms with van der Waals surface area (Å²) in [6, 6.07) is 36.2. The highest BCUT2D eigenvalue weighted by molar-refractivity contribution is 5.23. The van der Waals surface area contributed by atoms with E-state index in [-0.39, 0.29) is 53.2 Å². The molecule has 0 radical (unpaired) electrons. The topological polar surface area (TPSA) is 0 Å². The molecule has 0 heterocycles. The minimum absolute atomic E-state index is 0.00313. The van der Waals surface area contributed by atoms with Gasteiger partial charge in [-0.3, -0.25) is 0 Å². The van der Waals surface area contributed by atoms with E-state index in [0.29, 0.717) is 0 Å². The molecule has 4 aromatic rings. The van der Waals surface area contributed by atoms with Crippen LogP contribution < -0.4 is 42.4 Å². The highest BCUT2D eigenvalue weighted by atomic mass is 127. The first kappa shape index (κ1) is 28.9. The van der Waals surface area contributed by atoms with E-state index < -0.39 is 0 Å². The van der Waals surface area contributed by atoms with Crippen LogP contribution in [0.1, 0.15) is 63.8 Å². The van der Waals surface area contributed by atoms with Gasteiger partial charge in [0.1, 0.15) is 0 Å². The lowest BCUT2D eigenvalue weighted by molar-refractivity contribution is -0.597. The van der Waals surface area contributed by atoms with Crippen LogP contribution >= 0.6 is 0 Å². The van der Waals surface area contributed by atoms with Crippen LogP contribution in [0.25, 0.3) is 0 Å². The van der Waals surface area contributed by atoms with Gasteiger partial charge in [-0.2, -0.15) is 0 Å². The van der Waals surface area contributed by atoms with Gasteiger partial charge in [0.25, 0.3) is 0 Å². The molecular weight excluding hydrogens is 662 g/mol. The van der Waals surface area contributed by atoms with E-state index in [4.69, 9.17) is 0 Å². The normalized spacial score (nSPS) is 11.6. The molecule has 0 fully saturated rings. The van der Waals surface area contributed by atoms with Crippen LogP contribution in [0, 0.1) is 28.1 Å². The second-order valence-electron chi connectivity index (χ2n) is 11.3. The van der Waals surface area contributed by atoms with Crippen LogP contribution in [-0.2, 0) is 10.8 Å². The maximum Gasteiger partial charge on any atom is 0.357 e. The fourth-order valence-corrected chi connectivity index (χ4v) is 7.79. The zero-order chi connectivity index (χ0) is 26.3. The second kappa shape index (κ2) is 12.7. The zero-order valence-electron chi connectivity index (χ0n) is 23.0. The van der Waals surface area contributed by atoms with E-state index in [1.165, 1.54) is 36.5 Å². The maximum absolute atomic E-state index is 2.31. The summed E-state index contributed by atoms with van der Waals surface area (Å²) in [5.41, 5.74) is 5.99. The molecule has 188 valence electrons. The van der Waals surface area contributed by atoms with Crippen LogP contribution in [0.3, 0.4) is 0 Å². The largest absolute Gasteiger partial charge is 0.357 e. The number of hydrogen-bond acceptors (Lipinski definition) is 0. The third-order valence-corrected chi connectivity index (χ3v) is 11.2. The number of rotatable bonds is 4. The first-order chi connectivity index (χ1) is 16.9. The molecule has 0 unspecified atom stereocenters. The molecule has 0 saturated heterocycles. The van der Waals surface area contributed by atoms with E-state index in [1.807, 2.05) is 0 Å². The Morgan fingerprint density at radius 1 is 0.361 bits per heavy atom. The lowest BCUT2D eigenvalue weighted by Gasteiger charge is -2.18. The second-order valence-corrected chi connectivity index (χ2v) is 17.4. The van der Waals surface area contributed by atoms with Gasteiger partial charge in [-0.1, -0.05) is 101 Å². The van der Waals surface area contributed by atoms with Crippen molar-refractivity contribution in [2.75, 3.05) is 0 Å². The van der Waals surface area contributed by atoms with E-state index in [1.54, 1.807) is 0 Å². The minimum Gasteiger partial charge on any atom is -0.0561 e. The molecule has 0 N–H and O–H groups in total. The fraction of sp³-hybridized carbons (Fsp3) is 0.294. The van der Waals surface area contributed by atoms with Gasteiger partial charge in [0.05, 0.1) is 0 Å². The van der Waals surface area contributed by atoms with Crippen molar-refractivity contribution in [2.24, 2.45) is 0 Å². The van der Waals surface area contributed by atoms with Crippen molar-refractivity contribution in [3.63, 3.8) is 0 Å². The minimum atomic E-state index is -0.0703. The number of benzene rings is 4. The van der Waals surface area contributed by atoms with Crippen LogP contribution in [0.4, 0.5) is 0 Å². The third kappa shape index (κ3) is 9.33. The highest BCUT2D eigenvalue weighted by Gasteiger charge is 2.20. The van der Waals surface area contributed by atoms with Crippen molar-refractivity contribution in [1.82, 2.24) is 0 Å². The molecule has 0 amide bonds. The summed E-state index contributed by atoms with van der Waals surface area (Å²) in [6.07, 6.45) is 0. The molecule has 0 aromatic heterocycles. The van der Waals surface area contributed by atoms with Crippen molar-refractivity contribution < 1.29 is 42.4 Å². The van der Waals surface area contributed by atoms with Gasteiger partial charge in [0.2, 0.25) is 0 Å². The Balaban J connectivity index is 0.000000212. The number of hydrogen-bond donors (Lipinski definition) is 0. The van der Waals surface area contributed by atoms with Crippen LogP contribution in [0.15, 0.2) is 97.1 Å². The molecule has 4 rings (SSSR count). The molecule has 36 heavy (non-hydrogen) atoms. The van der Waals surface area contributed by atoms with Gasteiger partial charge in [0, 0.05) is 0 Å². The lowest BCUT2D eigenvalue weighted by atomic mass is 9.87. The Kier molecular flexibility index (Phi) is 10.2. The van der Waals surface area contributed by atoms with Crippen molar-refractivity contribution in [2.45, 2.75) is 66.2 Å². The van der Waals surface area contributed by atoms with Gasteiger partial charge in [-0.05, 0) is 84.3 Å². The standard InChI is InChI=1S/C20H26I.C14H14I/c1-19(2,3)15-7-11-17(12-8-15)21-18-13-9-16(10-14-18)20(4,5)6;1-11-3-7-13(8-4-11)15-14-9-5-12(2)6-10-14/h7-14H,1-6H3;3-10H,1-2H3/q2*+1. The quantitative estimate of drug-likeness (QED) is 0.288. The number of aryl methyl sites for hydroxylation is 2. The van der Waals surface area contributed by atoms with Crippen molar-refractivity contribution in [1.29, 1.82) is 0 Å². The molecule has 0 spiro atoms. The molecule has 0 aliphatic rings. The maximum atomic E-state index is 2.31. The summed E-state index contributed by atoms with van der Waals surface area (Å²) in [5, 5.41) is 0. The Morgan fingerprint density at radius 3 is 0.806 bits per heavy atom. The Morgan fingerprint density at radius 2 is 0.583 bits per heavy atom. The Labute approximate surface area is 240 Å². The predicted octanol–water partition coefficient (Wildman–Crippen LogP) is 2.84. The van der Waals surface area contributed by atoms with Crippen molar-refractivity contribution >= 4 is 0 Å². The SMILES string of the molecule is CC(C)(C)c1ccc([I+]c2ccc(C(C)(C)C)cc2)cc1.Cc1ccc([I+]c2ccc(C)cc2)cc1. The van der Waals surface area contributed by atoms with E-state index in [9.17, 15) is 0 Å². The van der Waals surface area contributed by atoms with Crippen LogP contribution in [-0.4, -0.2) is 0 Å². The zero-order valence-corrected chi connectivity index (χ0v) is 27.3. The smallest absolute Gasteiger partial charge is 0.0561 e. The summed E-state index contributed by atoms with van der Waals surface area (Å²) >= 11 is -0.0672. The molecule has 0 bridgehead atoms. The molecule has 0 aliphatic heterocycles. The van der Waals surface area contributed by atoms with E-state index in [0.717, 1.165) is 0 Å². The van der Waals surface area contributed by atoms with E-state index >= 15 is 0 Å². The third-order valence-electron chi connectivity index (χ3n) is 5.88. The van der Waals surface area contributed by atoms with Crippen LogP contribution in [0.5, 0.6) is 0 Å². The van der Waals surface area contributed by atoms with Gasteiger partial charge in [0.15, 0.2) is 14.3 Å². The summed E-state index contributed by atoms with van der Waals surface area (Å²) in [5.74, 6) is 0. The Hall–Kier alpha value is -1.66. The van der Waals surface area contributed by atoms with E-state index in [2.05, 4.69) is 152 Å². The molecule has 0 atom stereocenters. The molecular formula is C34H40I2+2. The average Bonchev–Trinajstić information content (AvgIpc) is 2.82. The number of halogens is 2.